The second-order valence-electron chi connectivity index (χ2n) is 2.81. The normalized spacial score (nSPS) is 10.7. The van der Waals surface area contributed by atoms with Gasteiger partial charge in [0.15, 0.2) is 0 Å². The van der Waals surface area contributed by atoms with Crippen molar-refractivity contribution in [1.29, 1.82) is 0 Å². The highest BCUT2D eigenvalue weighted by molar-refractivity contribution is 4.54. The van der Waals surface area contributed by atoms with Gasteiger partial charge in [0.2, 0.25) is 0 Å². The van der Waals surface area contributed by atoms with Gasteiger partial charge in [-0.05, 0) is 5.92 Å². The third-order valence-corrected chi connectivity index (χ3v) is 1.45. The SMILES string of the molecule is [CH2]CCCCCC([CH2])C. The van der Waals surface area contributed by atoms with Crippen LogP contribution in [0.1, 0.15) is 39.0 Å². The highest BCUT2D eigenvalue weighted by atomic mass is 14.0. The van der Waals surface area contributed by atoms with Crippen LogP contribution in [-0.2, 0) is 0 Å². The highest BCUT2D eigenvalue weighted by Gasteiger charge is 1.92. The van der Waals surface area contributed by atoms with E-state index in [1.807, 2.05) is 0 Å². The minimum atomic E-state index is 0.634. The van der Waals surface area contributed by atoms with Crippen molar-refractivity contribution in [1.82, 2.24) is 0 Å². The first-order chi connectivity index (χ1) is 4.27. The number of unbranched alkanes of at least 4 members (excludes halogenated alkanes) is 3. The molecule has 0 aliphatic rings. The minimum Gasteiger partial charge on any atom is -0.0625 e. The summed E-state index contributed by atoms with van der Waals surface area (Å²) in [5.41, 5.74) is 0. The fraction of sp³-hybridized carbons (Fsp3) is 0.778. The molecule has 0 fully saturated rings. The summed E-state index contributed by atoms with van der Waals surface area (Å²) in [6.07, 6.45) is 6.32. The van der Waals surface area contributed by atoms with E-state index in [2.05, 4.69) is 20.8 Å². The number of hydrogen-bond donors (Lipinski definition) is 0. The van der Waals surface area contributed by atoms with Crippen molar-refractivity contribution < 1.29 is 0 Å². The fourth-order valence-corrected chi connectivity index (χ4v) is 0.846. The van der Waals surface area contributed by atoms with Crippen LogP contribution in [0, 0.1) is 19.8 Å². The van der Waals surface area contributed by atoms with Crippen LogP contribution in [0.2, 0.25) is 0 Å². The predicted octanol–water partition coefficient (Wildman–Crippen LogP) is 3.24. The molecule has 0 aromatic heterocycles. The van der Waals surface area contributed by atoms with Crippen LogP contribution in [0.3, 0.4) is 0 Å². The predicted molar refractivity (Wildman–Crippen MR) is 43.0 cm³/mol. The molecule has 0 N–H and O–H groups in total. The summed E-state index contributed by atoms with van der Waals surface area (Å²) < 4.78 is 0. The van der Waals surface area contributed by atoms with E-state index < -0.39 is 0 Å². The molecule has 0 heterocycles. The van der Waals surface area contributed by atoms with E-state index in [0.717, 1.165) is 6.42 Å². The van der Waals surface area contributed by atoms with Crippen LogP contribution in [0.5, 0.6) is 0 Å². The first kappa shape index (κ1) is 9.00. The lowest BCUT2D eigenvalue weighted by Gasteiger charge is -2.01. The lowest BCUT2D eigenvalue weighted by Crippen LogP contribution is -1.86. The Morgan fingerprint density at radius 1 is 1.22 bits per heavy atom. The van der Waals surface area contributed by atoms with Crippen LogP contribution >= 0.6 is 0 Å². The molecule has 0 nitrogen and oxygen atoms in total. The topological polar surface area (TPSA) is 0 Å². The van der Waals surface area contributed by atoms with Gasteiger partial charge in [-0.3, -0.25) is 0 Å². The van der Waals surface area contributed by atoms with E-state index >= 15 is 0 Å². The average molecular weight is 126 g/mol. The summed E-state index contributed by atoms with van der Waals surface area (Å²) >= 11 is 0. The van der Waals surface area contributed by atoms with E-state index in [-0.39, 0.29) is 0 Å². The molecule has 0 heteroatoms. The van der Waals surface area contributed by atoms with Gasteiger partial charge >= 0.3 is 0 Å². The van der Waals surface area contributed by atoms with Gasteiger partial charge in [0.1, 0.15) is 0 Å². The van der Waals surface area contributed by atoms with Gasteiger partial charge in [0, 0.05) is 0 Å². The summed E-state index contributed by atoms with van der Waals surface area (Å²) in [4.78, 5) is 0. The zero-order valence-corrected chi connectivity index (χ0v) is 6.53. The minimum absolute atomic E-state index is 0.634. The molecular formula is C9H18. The van der Waals surface area contributed by atoms with Crippen LogP contribution < -0.4 is 0 Å². The first-order valence-electron chi connectivity index (χ1n) is 3.89. The van der Waals surface area contributed by atoms with Gasteiger partial charge in [-0.15, -0.1) is 0 Å². The van der Waals surface area contributed by atoms with Gasteiger partial charge in [-0.25, -0.2) is 0 Å². The quantitative estimate of drug-likeness (QED) is 0.496. The smallest absolute Gasteiger partial charge is 0.0443 e. The molecular weight excluding hydrogens is 108 g/mol. The molecule has 0 aromatic rings. The monoisotopic (exact) mass is 126 g/mol. The summed E-state index contributed by atoms with van der Waals surface area (Å²) in [6.45, 7) is 9.88. The molecule has 2 radical (unpaired) electrons. The zero-order valence-electron chi connectivity index (χ0n) is 6.53. The molecule has 1 unspecified atom stereocenters. The van der Waals surface area contributed by atoms with Gasteiger partial charge in [0.05, 0.1) is 0 Å². The van der Waals surface area contributed by atoms with Crippen molar-refractivity contribution in [3.63, 3.8) is 0 Å². The molecule has 0 rings (SSSR count). The van der Waals surface area contributed by atoms with Gasteiger partial charge in [-0.2, -0.15) is 0 Å². The summed E-state index contributed by atoms with van der Waals surface area (Å²) in [7, 11) is 0. The van der Waals surface area contributed by atoms with Gasteiger partial charge < -0.3 is 0 Å². The maximum Gasteiger partial charge on any atom is -0.0443 e. The Morgan fingerprint density at radius 2 is 1.89 bits per heavy atom. The second-order valence-corrected chi connectivity index (χ2v) is 2.81. The summed E-state index contributed by atoms with van der Waals surface area (Å²) in [5.74, 6) is 0.634. The maximum absolute atomic E-state index is 3.92. The first-order valence-corrected chi connectivity index (χ1v) is 3.89. The Labute approximate surface area is 59.7 Å². The molecule has 0 bridgehead atoms. The van der Waals surface area contributed by atoms with Crippen molar-refractivity contribution >= 4 is 0 Å². The second kappa shape index (κ2) is 6.12. The Balaban J connectivity index is 2.75. The van der Waals surface area contributed by atoms with E-state index in [4.69, 9.17) is 0 Å². The molecule has 0 aromatic carbocycles. The van der Waals surface area contributed by atoms with Crippen molar-refractivity contribution in [2.24, 2.45) is 5.92 Å². The summed E-state index contributed by atoms with van der Waals surface area (Å²) in [6, 6.07) is 0. The molecule has 0 saturated heterocycles. The zero-order chi connectivity index (χ0) is 7.11. The molecule has 0 amide bonds. The van der Waals surface area contributed by atoms with Crippen molar-refractivity contribution in [3.05, 3.63) is 13.8 Å². The summed E-state index contributed by atoms with van der Waals surface area (Å²) in [5, 5.41) is 0. The standard InChI is InChI=1S/C9H18/c1-4-5-6-7-8-9(2)3/h9H,1-2,4-8H2,3H3. The van der Waals surface area contributed by atoms with E-state index in [1.54, 1.807) is 0 Å². The van der Waals surface area contributed by atoms with Gasteiger partial charge in [0.25, 0.3) is 0 Å². The van der Waals surface area contributed by atoms with E-state index in [1.165, 1.54) is 25.7 Å². The third-order valence-electron chi connectivity index (χ3n) is 1.45. The fourth-order valence-electron chi connectivity index (χ4n) is 0.846. The molecule has 0 spiro atoms. The Bertz CT molecular complexity index is 46.0. The number of rotatable bonds is 5. The molecule has 0 aliphatic heterocycles. The molecule has 9 heavy (non-hydrogen) atoms. The lowest BCUT2D eigenvalue weighted by molar-refractivity contribution is 0.564. The highest BCUT2D eigenvalue weighted by Crippen LogP contribution is 2.08. The molecule has 0 saturated carbocycles. The van der Waals surface area contributed by atoms with Crippen LogP contribution in [-0.4, -0.2) is 0 Å². The maximum atomic E-state index is 3.92. The Hall–Kier alpha value is 0. The van der Waals surface area contributed by atoms with Crippen LogP contribution in [0.25, 0.3) is 0 Å². The van der Waals surface area contributed by atoms with Crippen molar-refractivity contribution in [2.75, 3.05) is 0 Å². The number of hydrogen-bond acceptors (Lipinski definition) is 0. The Kier molecular flexibility index (Phi) is 6.12. The van der Waals surface area contributed by atoms with Crippen LogP contribution in [0.15, 0.2) is 0 Å². The molecule has 1 atom stereocenters. The van der Waals surface area contributed by atoms with E-state index in [9.17, 15) is 0 Å². The van der Waals surface area contributed by atoms with Crippen molar-refractivity contribution in [2.45, 2.75) is 39.0 Å². The van der Waals surface area contributed by atoms with E-state index in [0.29, 0.717) is 5.92 Å². The largest absolute Gasteiger partial charge is 0.0625 e. The lowest BCUT2D eigenvalue weighted by atomic mass is 10.1. The molecule has 0 aliphatic carbocycles. The van der Waals surface area contributed by atoms with Crippen molar-refractivity contribution in [3.8, 4) is 0 Å². The molecule has 54 valence electrons. The van der Waals surface area contributed by atoms with Gasteiger partial charge in [-0.1, -0.05) is 52.9 Å². The average Bonchev–Trinajstić information content (AvgIpc) is 1.80. The van der Waals surface area contributed by atoms with Crippen LogP contribution in [0.4, 0.5) is 0 Å². The Morgan fingerprint density at radius 3 is 2.33 bits per heavy atom. The third kappa shape index (κ3) is 8.00.